The summed E-state index contributed by atoms with van der Waals surface area (Å²) in [4.78, 5) is 29.0. The molecule has 0 heterocycles. The van der Waals surface area contributed by atoms with Crippen molar-refractivity contribution in [2.24, 2.45) is 0 Å². The summed E-state index contributed by atoms with van der Waals surface area (Å²) in [6.45, 7) is 6.33. The molecule has 0 spiro atoms. The molecule has 0 fully saturated rings. The van der Waals surface area contributed by atoms with Crippen LogP contribution in [0.4, 0.5) is 5.69 Å². The largest absolute Gasteiger partial charge is 0.354 e. The quantitative estimate of drug-likeness (QED) is 0.225. The van der Waals surface area contributed by atoms with Gasteiger partial charge in [-0.25, -0.2) is 8.42 Å². The van der Waals surface area contributed by atoms with Crippen LogP contribution in [0, 0.1) is 13.8 Å². The second-order valence-electron chi connectivity index (χ2n) is 10.4. The van der Waals surface area contributed by atoms with Gasteiger partial charge in [0.25, 0.3) is 0 Å². The lowest BCUT2D eigenvalue weighted by Gasteiger charge is -2.32. The van der Waals surface area contributed by atoms with Gasteiger partial charge in [0.05, 0.1) is 11.9 Å². The van der Waals surface area contributed by atoms with Gasteiger partial charge in [-0.15, -0.1) is 0 Å². The van der Waals surface area contributed by atoms with E-state index in [9.17, 15) is 18.0 Å². The van der Waals surface area contributed by atoms with Crippen molar-refractivity contribution >= 4 is 50.7 Å². The van der Waals surface area contributed by atoms with Crippen molar-refractivity contribution in [2.45, 2.75) is 59.0 Å². The van der Waals surface area contributed by atoms with Gasteiger partial charge in [0.1, 0.15) is 6.04 Å². The molecule has 10 heteroatoms. The molecular weight excluding hydrogens is 593 g/mol. The van der Waals surface area contributed by atoms with Crippen LogP contribution in [0.15, 0.2) is 66.7 Å². The van der Waals surface area contributed by atoms with Crippen LogP contribution in [0.3, 0.4) is 0 Å². The lowest BCUT2D eigenvalue weighted by Crippen LogP contribution is -2.50. The fourth-order valence-corrected chi connectivity index (χ4v) is 6.28. The second-order valence-corrected chi connectivity index (χ2v) is 13.2. The molecule has 7 nitrogen and oxygen atoms in total. The maximum absolute atomic E-state index is 14.0. The van der Waals surface area contributed by atoms with Crippen LogP contribution in [0.1, 0.15) is 48.4 Å². The molecule has 1 N–H and O–H groups in total. The van der Waals surface area contributed by atoms with Gasteiger partial charge in [-0.2, -0.15) is 0 Å². The number of sulfonamides is 1. The minimum Gasteiger partial charge on any atom is -0.354 e. The number of rotatable bonds is 14. The van der Waals surface area contributed by atoms with Crippen molar-refractivity contribution in [3.05, 3.63) is 99.0 Å². The number of hydrogen-bond donors (Lipinski definition) is 1. The number of nitrogens with zero attached hydrogens (tertiary/aromatic N) is 2. The summed E-state index contributed by atoms with van der Waals surface area (Å²) >= 11 is 13.0. The third-order valence-corrected chi connectivity index (χ3v) is 8.88. The Hall–Kier alpha value is -3.07. The maximum Gasteiger partial charge on any atom is 0.243 e. The molecule has 0 unspecified atom stereocenters. The van der Waals surface area contributed by atoms with Crippen molar-refractivity contribution in [1.82, 2.24) is 10.2 Å². The third-order valence-electron chi connectivity index (χ3n) is 7.00. The number of anilines is 1. The standard InChI is InChI=1S/C32H39Cl2N3O4S/c1-5-18-35-32(39)30(21-25-11-7-6-8-12-25)36(22-26-27(33)13-9-14-28(26)34)31(38)15-10-19-37(42(4,40)41)29-20-23(2)16-17-24(29)3/h6-9,11-14,16-17,20,30H,5,10,15,18-19,21-22H2,1-4H3,(H,35,39)/t30-/m0/s1. The van der Waals surface area contributed by atoms with Gasteiger partial charge in [-0.05, 0) is 61.6 Å². The van der Waals surface area contributed by atoms with Crippen molar-refractivity contribution in [3.8, 4) is 0 Å². The van der Waals surface area contributed by atoms with Crippen LogP contribution < -0.4 is 9.62 Å². The first-order valence-corrected chi connectivity index (χ1v) is 16.6. The van der Waals surface area contributed by atoms with E-state index >= 15 is 0 Å². The predicted molar refractivity (Wildman–Crippen MR) is 172 cm³/mol. The molecular formula is C32H39Cl2N3O4S. The molecule has 0 bridgehead atoms. The van der Waals surface area contributed by atoms with E-state index in [-0.39, 0.29) is 37.7 Å². The van der Waals surface area contributed by atoms with Gasteiger partial charge in [0.15, 0.2) is 0 Å². The van der Waals surface area contributed by atoms with E-state index in [0.29, 0.717) is 34.3 Å². The molecule has 0 aliphatic rings. The summed E-state index contributed by atoms with van der Waals surface area (Å²) in [6, 6.07) is 19.4. The highest BCUT2D eigenvalue weighted by Crippen LogP contribution is 2.28. The Bertz CT molecular complexity index is 1460. The van der Waals surface area contributed by atoms with E-state index < -0.39 is 16.1 Å². The smallest absolute Gasteiger partial charge is 0.243 e. The van der Waals surface area contributed by atoms with Crippen LogP contribution in [0.2, 0.25) is 10.0 Å². The van der Waals surface area contributed by atoms with E-state index in [2.05, 4.69) is 5.32 Å². The number of nitrogens with one attached hydrogen (secondary N) is 1. The fourth-order valence-electron chi connectivity index (χ4n) is 4.74. The number of aryl methyl sites for hydroxylation is 2. The highest BCUT2D eigenvalue weighted by Gasteiger charge is 2.31. The molecule has 3 aromatic carbocycles. The Morgan fingerprint density at radius 2 is 1.62 bits per heavy atom. The van der Waals surface area contributed by atoms with Crippen molar-refractivity contribution in [3.63, 3.8) is 0 Å². The highest BCUT2D eigenvalue weighted by atomic mass is 35.5. The van der Waals surface area contributed by atoms with Gasteiger partial charge in [0.2, 0.25) is 21.8 Å². The van der Waals surface area contributed by atoms with Gasteiger partial charge in [-0.1, -0.05) is 78.7 Å². The minimum atomic E-state index is -3.61. The Morgan fingerprint density at radius 1 is 0.952 bits per heavy atom. The number of carbonyl (C=O) groups is 2. The molecule has 3 aromatic rings. The number of amides is 2. The first-order valence-electron chi connectivity index (χ1n) is 14.0. The molecule has 0 aliphatic carbocycles. The highest BCUT2D eigenvalue weighted by molar-refractivity contribution is 7.92. The molecule has 0 radical (unpaired) electrons. The van der Waals surface area contributed by atoms with E-state index in [1.807, 2.05) is 69.3 Å². The van der Waals surface area contributed by atoms with Gasteiger partial charge < -0.3 is 10.2 Å². The van der Waals surface area contributed by atoms with Crippen molar-refractivity contribution < 1.29 is 18.0 Å². The van der Waals surface area contributed by atoms with Crippen LogP contribution in [0.25, 0.3) is 0 Å². The summed E-state index contributed by atoms with van der Waals surface area (Å²) in [6.07, 6.45) is 2.47. The summed E-state index contributed by atoms with van der Waals surface area (Å²) in [7, 11) is -3.61. The Kier molecular flexibility index (Phi) is 12.3. The average Bonchev–Trinajstić information content (AvgIpc) is 2.94. The molecule has 2 amide bonds. The zero-order valence-corrected chi connectivity index (χ0v) is 26.9. The topological polar surface area (TPSA) is 86.8 Å². The molecule has 0 aromatic heterocycles. The van der Waals surface area contributed by atoms with E-state index in [0.717, 1.165) is 29.4 Å². The van der Waals surface area contributed by atoms with Crippen LogP contribution in [0.5, 0.6) is 0 Å². The lowest BCUT2D eigenvalue weighted by molar-refractivity contribution is -0.141. The first-order chi connectivity index (χ1) is 19.9. The van der Waals surface area contributed by atoms with Crippen molar-refractivity contribution in [1.29, 1.82) is 0 Å². The Labute approximate surface area is 259 Å². The molecule has 226 valence electrons. The molecule has 42 heavy (non-hydrogen) atoms. The first kappa shape index (κ1) is 33.4. The fraction of sp³-hybridized carbons (Fsp3) is 0.375. The summed E-state index contributed by atoms with van der Waals surface area (Å²) in [5.41, 5.74) is 3.79. The van der Waals surface area contributed by atoms with E-state index in [4.69, 9.17) is 23.2 Å². The van der Waals surface area contributed by atoms with Crippen LogP contribution >= 0.6 is 23.2 Å². The average molecular weight is 633 g/mol. The molecule has 0 saturated heterocycles. The summed E-state index contributed by atoms with van der Waals surface area (Å²) < 4.78 is 26.9. The zero-order valence-electron chi connectivity index (χ0n) is 24.6. The number of hydrogen-bond acceptors (Lipinski definition) is 4. The summed E-state index contributed by atoms with van der Waals surface area (Å²) in [5.74, 6) is -0.571. The lowest BCUT2D eigenvalue weighted by atomic mass is 10.0. The monoisotopic (exact) mass is 631 g/mol. The van der Waals surface area contributed by atoms with Crippen LogP contribution in [-0.4, -0.2) is 50.5 Å². The second kappa shape index (κ2) is 15.4. The third kappa shape index (κ3) is 9.21. The van der Waals surface area contributed by atoms with Crippen LogP contribution in [-0.2, 0) is 32.6 Å². The molecule has 1 atom stereocenters. The van der Waals surface area contributed by atoms with Gasteiger partial charge in [-0.3, -0.25) is 13.9 Å². The number of benzene rings is 3. The minimum absolute atomic E-state index is 0.0191. The van der Waals surface area contributed by atoms with Gasteiger partial charge in [0, 0.05) is 48.1 Å². The number of carbonyl (C=O) groups excluding carboxylic acids is 2. The summed E-state index contributed by atoms with van der Waals surface area (Å²) in [5, 5.41) is 3.73. The predicted octanol–water partition coefficient (Wildman–Crippen LogP) is 6.32. The van der Waals surface area contributed by atoms with E-state index in [1.54, 1.807) is 18.2 Å². The van der Waals surface area contributed by atoms with E-state index in [1.165, 1.54) is 9.21 Å². The van der Waals surface area contributed by atoms with Crippen molar-refractivity contribution in [2.75, 3.05) is 23.7 Å². The molecule has 0 aliphatic heterocycles. The maximum atomic E-state index is 14.0. The SMILES string of the molecule is CCCNC(=O)[C@H](Cc1ccccc1)N(Cc1c(Cl)cccc1Cl)C(=O)CCCN(c1cc(C)ccc1C)S(C)(=O)=O. The number of halogens is 2. The molecule has 3 rings (SSSR count). The Morgan fingerprint density at radius 3 is 2.24 bits per heavy atom. The zero-order chi connectivity index (χ0) is 30.9. The Balaban J connectivity index is 1.93. The normalized spacial score (nSPS) is 12.0. The van der Waals surface area contributed by atoms with Gasteiger partial charge >= 0.3 is 0 Å². The molecule has 0 saturated carbocycles.